The molecule has 1 aromatic rings. The van der Waals surface area contributed by atoms with Gasteiger partial charge in [-0.25, -0.2) is 0 Å². The molecule has 0 spiro atoms. The molecule has 1 aliphatic carbocycles. The Labute approximate surface area is 114 Å². The van der Waals surface area contributed by atoms with Crippen molar-refractivity contribution < 1.29 is 5.11 Å². The highest BCUT2D eigenvalue weighted by Crippen LogP contribution is 2.38. The van der Waals surface area contributed by atoms with E-state index >= 15 is 0 Å². The van der Waals surface area contributed by atoms with Gasteiger partial charge in [-0.05, 0) is 43.0 Å². The first kappa shape index (κ1) is 13.7. The van der Waals surface area contributed by atoms with Crippen LogP contribution in [0.15, 0.2) is 24.3 Å². The monoisotopic (exact) mass is 267 g/mol. The van der Waals surface area contributed by atoms with Crippen molar-refractivity contribution in [2.75, 3.05) is 11.9 Å². The second-order valence-electron chi connectivity index (χ2n) is 5.30. The molecular formula is C15H22ClNO. The number of hydrogen-bond donors (Lipinski definition) is 2. The van der Waals surface area contributed by atoms with E-state index in [1.165, 1.54) is 19.3 Å². The molecule has 2 N–H and O–H groups in total. The van der Waals surface area contributed by atoms with Gasteiger partial charge in [0.1, 0.15) is 0 Å². The molecule has 3 heteroatoms. The van der Waals surface area contributed by atoms with Gasteiger partial charge in [-0.1, -0.05) is 37.8 Å². The van der Waals surface area contributed by atoms with E-state index in [1.807, 2.05) is 24.3 Å². The van der Waals surface area contributed by atoms with Gasteiger partial charge in [0.15, 0.2) is 0 Å². The summed E-state index contributed by atoms with van der Waals surface area (Å²) < 4.78 is 0. The average Bonchev–Trinajstić information content (AvgIpc) is 2.42. The third-order valence-corrected chi connectivity index (χ3v) is 4.47. The van der Waals surface area contributed by atoms with E-state index in [0.717, 1.165) is 23.6 Å². The fourth-order valence-electron chi connectivity index (χ4n) is 3.14. The SMILES string of the molecule is CCC1CCCCC1(CO)Nc1ccc(Cl)cc1. The summed E-state index contributed by atoms with van der Waals surface area (Å²) >= 11 is 5.90. The number of anilines is 1. The standard InChI is InChI=1S/C15H22ClNO/c1-2-12-5-3-4-10-15(12,11-18)17-14-8-6-13(16)7-9-14/h6-9,12,17-18H,2-5,10-11H2,1H3. The first-order valence-corrected chi connectivity index (χ1v) is 7.22. The number of nitrogens with one attached hydrogen (secondary N) is 1. The summed E-state index contributed by atoms with van der Waals surface area (Å²) in [5, 5.41) is 14.2. The van der Waals surface area contributed by atoms with Crippen molar-refractivity contribution in [1.29, 1.82) is 0 Å². The fourth-order valence-corrected chi connectivity index (χ4v) is 3.27. The van der Waals surface area contributed by atoms with Crippen molar-refractivity contribution in [2.24, 2.45) is 5.92 Å². The molecule has 1 saturated carbocycles. The van der Waals surface area contributed by atoms with Gasteiger partial charge in [0, 0.05) is 10.7 Å². The lowest BCUT2D eigenvalue weighted by atomic mass is 9.71. The Morgan fingerprint density at radius 2 is 2.06 bits per heavy atom. The minimum atomic E-state index is -0.152. The Balaban J connectivity index is 2.18. The van der Waals surface area contributed by atoms with Gasteiger partial charge in [0.25, 0.3) is 0 Å². The molecule has 2 atom stereocenters. The number of rotatable bonds is 4. The van der Waals surface area contributed by atoms with Crippen LogP contribution in [0.4, 0.5) is 5.69 Å². The smallest absolute Gasteiger partial charge is 0.0664 e. The molecule has 1 aliphatic rings. The maximum atomic E-state index is 9.87. The molecule has 2 rings (SSSR count). The highest BCUT2D eigenvalue weighted by molar-refractivity contribution is 6.30. The number of aliphatic hydroxyl groups excluding tert-OH is 1. The van der Waals surface area contributed by atoms with Crippen LogP contribution < -0.4 is 5.32 Å². The summed E-state index contributed by atoms with van der Waals surface area (Å²) in [6.07, 6.45) is 5.84. The summed E-state index contributed by atoms with van der Waals surface area (Å²) in [5.41, 5.74) is 0.898. The Morgan fingerprint density at radius 1 is 1.33 bits per heavy atom. The molecule has 0 bridgehead atoms. The lowest BCUT2D eigenvalue weighted by Gasteiger charge is -2.44. The predicted molar refractivity (Wildman–Crippen MR) is 77.1 cm³/mol. The molecule has 1 aromatic carbocycles. The quantitative estimate of drug-likeness (QED) is 0.861. The van der Waals surface area contributed by atoms with E-state index in [1.54, 1.807) is 0 Å². The van der Waals surface area contributed by atoms with E-state index in [4.69, 9.17) is 11.6 Å². The third kappa shape index (κ3) is 2.81. The normalized spacial score (nSPS) is 28.1. The van der Waals surface area contributed by atoms with Crippen molar-refractivity contribution in [3.8, 4) is 0 Å². The largest absolute Gasteiger partial charge is 0.394 e. The van der Waals surface area contributed by atoms with E-state index in [2.05, 4.69) is 12.2 Å². The van der Waals surface area contributed by atoms with Crippen LogP contribution in [0, 0.1) is 5.92 Å². The van der Waals surface area contributed by atoms with Crippen LogP contribution >= 0.6 is 11.6 Å². The second-order valence-corrected chi connectivity index (χ2v) is 5.73. The molecule has 100 valence electrons. The molecule has 1 fully saturated rings. The zero-order valence-electron chi connectivity index (χ0n) is 11.0. The maximum absolute atomic E-state index is 9.87. The highest BCUT2D eigenvalue weighted by Gasteiger charge is 2.39. The minimum Gasteiger partial charge on any atom is -0.394 e. The summed E-state index contributed by atoms with van der Waals surface area (Å²) in [4.78, 5) is 0. The van der Waals surface area contributed by atoms with Gasteiger partial charge >= 0.3 is 0 Å². The topological polar surface area (TPSA) is 32.3 Å². The van der Waals surface area contributed by atoms with Crippen LogP contribution in [-0.4, -0.2) is 17.3 Å². The number of aliphatic hydroxyl groups is 1. The Morgan fingerprint density at radius 3 is 2.67 bits per heavy atom. The maximum Gasteiger partial charge on any atom is 0.0664 e. The summed E-state index contributed by atoms with van der Waals surface area (Å²) in [6.45, 7) is 2.41. The Kier molecular flexibility index (Phi) is 4.52. The van der Waals surface area contributed by atoms with E-state index in [0.29, 0.717) is 5.92 Å². The summed E-state index contributed by atoms with van der Waals surface area (Å²) in [5.74, 6) is 0.548. The van der Waals surface area contributed by atoms with E-state index in [-0.39, 0.29) is 12.1 Å². The fraction of sp³-hybridized carbons (Fsp3) is 0.600. The van der Waals surface area contributed by atoms with Gasteiger partial charge < -0.3 is 10.4 Å². The molecular weight excluding hydrogens is 246 g/mol. The highest BCUT2D eigenvalue weighted by atomic mass is 35.5. The van der Waals surface area contributed by atoms with Crippen LogP contribution in [0.1, 0.15) is 39.0 Å². The Bertz CT molecular complexity index is 379. The summed E-state index contributed by atoms with van der Waals surface area (Å²) in [7, 11) is 0. The van der Waals surface area contributed by atoms with Gasteiger partial charge in [-0.3, -0.25) is 0 Å². The third-order valence-electron chi connectivity index (χ3n) is 4.22. The Hall–Kier alpha value is -0.730. The van der Waals surface area contributed by atoms with Gasteiger partial charge in [-0.2, -0.15) is 0 Å². The molecule has 0 heterocycles. The van der Waals surface area contributed by atoms with Crippen molar-refractivity contribution in [1.82, 2.24) is 0 Å². The predicted octanol–water partition coefficient (Wildman–Crippen LogP) is 4.08. The van der Waals surface area contributed by atoms with Crippen molar-refractivity contribution in [3.63, 3.8) is 0 Å². The van der Waals surface area contributed by atoms with Gasteiger partial charge in [0.2, 0.25) is 0 Å². The molecule has 2 unspecified atom stereocenters. The molecule has 0 saturated heterocycles. The van der Waals surface area contributed by atoms with Gasteiger partial charge in [0.05, 0.1) is 12.1 Å². The molecule has 0 amide bonds. The van der Waals surface area contributed by atoms with Crippen LogP contribution in [0.3, 0.4) is 0 Å². The van der Waals surface area contributed by atoms with Crippen molar-refractivity contribution >= 4 is 17.3 Å². The van der Waals surface area contributed by atoms with E-state index < -0.39 is 0 Å². The number of benzene rings is 1. The lowest BCUT2D eigenvalue weighted by molar-refractivity contribution is 0.115. The zero-order valence-corrected chi connectivity index (χ0v) is 11.7. The van der Waals surface area contributed by atoms with Crippen molar-refractivity contribution in [2.45, 2.75) is 44.6 Å². The first-order valence-electron chi connectivity index (χ1n) is 6.85. The van der Waals surface area contributed by atoms with Crippen LogP contribution in [0.25, 0.3) is 0 Å². The second kappa shape index (κ2) is 5.94. The molecule has 2 nitrogen and oxygen atoms in total. The molecule has 18 heavy (non-hydrogen) atoms. The molecule has 0 radical (unpaired) electrons. The number of halogens is 1. The van der Waals surface area contributed by atoms with Gasteiger partial charge in [-0.15, -0.1) is 0 Å². The zero-order chi connectivity index (χ0) is 13.0. The van der Waals surface area contributed by atoms with Crippen LogP contribution in [0.5, 0.6) is 0 Å². The number of hydrogen-bond acceptors (Lipinski definition) is 2. The van der Waals surface area contributed by atoms with Crippen LogP contribution in [-0.2, 0) is 0 Å². The average molecular weight is 268 g/mol. The lowest BCUT2D eigenvalue weighted by Crippen LogP contribution is -2.50. The molecule has 0 aliphatic heterocycles. The van der Waals surface area contributed by atoms with Crippen molar-refractivity contribution in [3.05, 3.63) is 29.3 Å². The summed E-state index contributed by atoms with van der Waals surface area (Å²) in [6, 6.07) is 7.75. The first-order chi connectivity index (χ1) is 8.70. The molecule has 0 aromatic heterocycles. The minimum absolute atomic E-state index is 0.152. The van der Waals surface area contributed by atoms with E-state index in [9.17, 15) is 5.11 Å². The van der Waals surface area contributed by atoms with Crippen LogP contribution in [0.2, 0.25) is 5.02 Å².